The first-order chi connectivity index (χ1) is 11.6. The first-order valence-electron chi connectivity index (χ1n) is 7.63. The number of aromatic nitrogens is 3. The number of pyridine rings is 1. The summed E-state index contributed by atoms with van der Waals surface area (Å²) in [6.45, 7) is 3.58. The molecule has 24 heavy (non-hydrogen) atoms. The minimum absolute atomic E-state index is 0.253. The molecule has 0 saturated carbocycles. The lowest BCUT2D eigenvalue weighted by molar-refractivity contribution is -0.122. The van der Waals surface area contributed by atoms with E-state index in [0.717, 1.165) is 11.3 Å². The molecule has 1 aromatic carbocycles. The van der Waals surface area contributed by atoms with Gasteiger partial charge in [0.25, 0.3) is 5.91 Å². The smallest absolute Gasteiger partial charge is 0.265 e. The average Bonchev–Trinajstić information content (AvgIpc) is 2.97. The van der Waals surface area contributed by atoms with Gasteiger partial charge in [0.2, 0.25) is 5.88 Å². The Morgan fingerprint density at radius 1 is 1.21 bits per heavy atom. The zero-order valence-corrected chi connectivity index (χ0v) is 13.5. The standard InChI is InChI=1S/C18H18N4O2/c1-13-12-22(16-8-4-3-5-9-16)21-18(13)24-14(2)17(23)20-15-7-6-10-19-11-15/h3-12,14H,1-2H3,(H,20,23)/t14-/m0/s1. The van der Waals surface area contributed by atoms with Crippen LogP contribution < -0.4 is 10.1 Å². The monoisotopic (exact) mass is 322 g/mol. The third-order valence-electron chi connectivity index (χ3n) is 3.46. The number of ether oxygens (including phenoxy) is 1. The van der Waals surface area contributed by atoms with Gasteiger partial charge in [-0.15, -0.1) is 5.10 Å². The van der Waals surface area contributed by atoms with Crippen LogP contribution in [0, 0.1) is 6.92 Å². The Morgan fingerprint density at radius 3 is 2.71 bits per heavy atom. The summed E-state index contributed by atoms with van der Waals surface area (Å²) in [6, 6.07) is 13.3. The summed E-state index contributed by atoms with van der Waals surface area (Å²) in [5, 5.41) is 7.17. The molecule has 3 rings (SSSR count). The number of para-hydroxylation sites is 1. The molecular formula is C18H18N4O2. The van der Waals surface area contributed by atoms with Gasteiger partial charge in [-0.3, -0.25) is 9.78 Å². The van der Waals surface area contributed by atoms with Gasteiger partial charge in [0.05, 0.1) is 17.6 Å². The third kappa shape index (κ3) is 3.60. The minimum Gasteiger partial charge on any atom is -0.463 e. The van der Waals surface area contributed by atoms with Gasteiger partial charge in [0.15, 0.2) is 6.10 Å². The highest BCUT2D eigenvalue weighted by Gasteiger charge is 2.18. The van der Waals surface area contributed by atoms with Crippen molar-refractivity contribution in [2.45, 2.75) is 20.0 Å². The highest BCUT2D eigenvalue weighted by atomic mass is 16.5. The van der Waals surface area contributed by atoms with Crippen LogP contribution in [0.25, 0.3) is 5.69 Å². The van der Waals surface area contributed by atoms with E-state index in [-0.39, 0.29) is 5.91 Å². The van der Waals surface area contributed by atoms with Gasteiger partial charge < -0.3 is 10.1 Å². The average molecular weight is 322 g/mol. The predicted molar refractivity (Wildman–Crippen MR) is 91.3 cm³/mol. The van der Waals surface area contributed by atoms with Crippen molar-refractivity contribution in [1.29, 1.82) is 0 Å². The second-order valence-electron chi connectivity index (χ2n) is 5.39. The number of carbonyl (C=O) groups is 1. The van der Waals surface area contributed by atoms with Crippen LogP contribution in [-0.4, -0.2) is 26.8 Å². The number of nitrogens with one attached hydrogen (secondary N) is 1. The Labute approximate surface area is 140 Å². The number of carbonyl (C=O) groups excluding carboxylic acids is 1. The second kappa shape index (κ2) is 6.95. The predicted octanol–water partition coefficient (Wildman–Crippen LogP) is 2.98. The van der Waals surface area contributed by atoms with Crippen molar-refractivity contribution in [3.8, 4) is 11.6 Å². The Bertz CT molecular complexity index is 816. The van der Waals surface area contributed by atoms with Crippen LogP contribution in [0.1, 0.15) is 12.5 Å². The van der Waals surface area contributed by atoms with Gasteiger partial charge in [0.1, 0.15) is 0 Å². The number of aryl methyl sites for hydroxylation is 1. The molecule has 1 atom stereocenters. The van der Waals surface area contributed by atoms with E-state index in [1.165, 1.54) is 0 Å². The molecular weight excluding hydrogens is 304 g/mol. The lowest BCUT2D eigenvalue weighted by Gasteiger charge is -2.13. The van der Waals surface area contributed by atoms with E-state index in [9.17, 15) is 4.79 Å². The van der Waals surface area contributed by atoms with Crippen molar-refractivity contribution in [2.75, 3.05) is 5.32 Å². The zero-order chi connectivity index (χ0) is 16.9. The Morgan fingerprint density at radius 2 is 2.00 bits per heavy atom. The van der Waals surface area contributed by atoms with E-state index in [1.807, 2.05) is 43.5 Å². The topological polar surface area (TPSA) is 69.0 Å². The van der Waals surface area contributed by atoms with Crippen molar-refractivity contribution in [1.82, 2.24) is 14.8 Å². The summed E-state index contributed by atoms with van der Waals surface area (Å²) in [4.78, 5) is 16.2. The van der Waals surface area contributed by atoms with E-state index in [1.54, 1.807) is 36.1 Å². The quantitative estimate of drug-likeness (QED) is 0.784. The maximum Gasteiger partial charge on any atom is 0.265 e. The molecule has 0 radical (unpaired) electrons. The molecule has 0 spiro atoms. The molecule has 0 aliphatic heterocycles. The van der Waals surface area contributed by atoms with Crippen molar-refractivity contribution >= 4 is 11.6 Å². The molecule has 2 aromatic heterocycles. The van der Waals surface area contributed by atoms with Crippen LogP contribution >= 0.6 is 0 Å². The molecule has 0 fully saturated rings. The second-order valence-corrected chi connectivity index (χ2v) is 5.39. The zero-order valence-electron chi connectivity index (χ0n) is 13.5. The van der Waals surface area contributed by atoms with E-state index >= 15 is 0 Å². The third-order valence-corrected chi connectivity index (χ3v) is 3.46. The fourth-order valence-corrected chi connectivity index (χ4v) is 2.18. The summed E-state index contributed by atoms with van der Waals surface area (Å²) in [5.41, 5.74) is 2.42. The number of rotatable bonds is 5. The van der Waals surface area contributed by atoms with Crippen LogP contribution in [0.2, 0.25) is 0 Å². The van der Waals surface area contributed by atoms with Gasteiger partial charge in [-0.2, -0.15) is 0 Å². The van der Waals surface area contributed by atoms with E-state index in [4.69, 9.17) is 4.74 Å². The van der Waals surface area contributed by atoms with Crippen molar-refractivity contribution in [3.63, 3.8) is 0 Å². The van der Waals surface area contributed by atoms with Crippen molar-refractivity contribution in [3.05, 3.63) is 66.6 Å². The largest absolute Gasteiger partial charge is 0.463 e. The summed E-state index contributed by atoms with van der Waals surface area (Å²) in [6.07, 6.45) is 4.42. The number of anilines is 1. The number of nitrogens with zero attached hydrogens (tertiary/aromatic N) is 3. The van der Waals surface area contributed by atoms with Gasteiger partial charge in [0, 0.05) is 18.0 Å². The van der Waals surface area contributed by atoms with Crippen molar-refractivity contribution in [2.24, 2.45) is 0 Å². The van der Waals surface area contributed by atoms with Crippen LogP contribution in [0.5, 0.6) is 5.88 Å². The number of hydrogen-bond donors (Lipinski definition) is 1. The van der Waals surface area contributed by atoms with E-state index in [0.29, 0.717) is 11.6 Å². The Kier molecular flexibility index (Phi) is 4.56. The molecule has 0 bridgehead atoms. The lowest BCUT2D eigenvalue weighted by Crippen LogP contribution is -2.30. The van der Waals surface area contributed by atoms with Gasteiger partial charge in [-0.25, -0.2) is 4.68 Å². The summed E-state index contributed by atoms with van der Waals surface area (Å²) < 4.78 is 7.45. The summed E-state index contributed by atoms with van der Waals surface area (Å²) in [5.74, 6) is 0.185. The lowest BCUT2D eigenvalue weighted by atomic mass is 10.3. The summed E-state index contributed by atoms with van der Waals surface area (Å²) >= 11 is 0. The van der Waals surface area contributed by atoms with Gasteiger partial charge in [-0.05, 0) is 38.1 Å². The molecule has 0 saturated heterocycles. The SMILES string of the molecule is Cc1cn(-c2ccccc2)nc1O[C@@H](C)C(=O)Nc1cccnc1. The normalized spacial score (nSPS) is 11.8. The van der Waals surface area contributed by atoms with E-state index < -0.39 is 6.10 Å². The fraction of sp³-hybridized carbons (Fsp3) is 0.167. The van der Waals surface area contributed by atoms with Crippen LogP contribution in [0.3, 0.4) is 0 Å². The molecule has 0 aliphatic rings. The maximum absolute atomic E-state index is 12.2. The molecule has 0 unspecified atom stereocenters. The number of benzene rings is 1. The number of amides is 1. The highest BCUT2D eigenvalue weighted by molar-refractivity contribution is 5.93. The van der Waals surface area contributed by atoms with Gasteiger partial charge in [-0.1, -0.05) is 18.2 Å². The Hall–Kier alpha value is -3.15. The van der Waals surface area contributed by atoms with Crippen LogP contribution in [0.4, 0.5) is 5.69 Å². The molecule has 2 heterocycles. The first-order valence-corrected chi connectivity index (χ1v) is 7.63. The molecule has 6 heteroatoms. The molecule has 122 valence electrons. The molecule has 6 nitrogen and oxygen atoms in total. The van der Waals surface area contributed by atoms with Crippen LogP contribution in [0.15, 0.2) is 61.1 Å². The molecule has 3 aromatic rings. The summed E-state index contributed by atoms with van der Waals surface area (Å²) in [7, 11) is 0. The molecule has 1 amide bonds. The molecule has 1 N–H and O–H groups in total. The molecule has 0 aliphatic carbocycles. The van der Waals surface area contributed by atoms with Crippen molar-refractivity contribution < 1.29 is 9.53 Å². The maximum atomic E-state index is 12.2. The highest BCUT2D eigenvalue weighted by Crippen LogP contribution is 2.19. The fourth-order valence-electron chi connectivity index (χ4n) is 2.18. The van der Waals surface area contributed by atoms with Crippen LogP contribution in [-0.2, 0) is 4.79 Å². The number of hydrogen-bond acceptors (Lipinski definition) is 4. The Balaban J connectivity index is 1.69. The van der Waals surface area contributed by atoms with Gasteiger partial charge >= 0.3 is 0 Å². The minimum atomic E-state index is -0.678. The van der Waals surface area contributed by atoms with E-state index in [2.05, 4.69) is 15.4 Å². The first kappa shape index (κ1) is 15.7.